The molecule has 0 aliphatic rings. The van der Waals surface area contributed by atoms with Gasteiger partial charge in [0.15, 0.2) is 0 Å². The number of nitrogens with one attached hydrogen (secondary N) is 1. The van der Waals surface area contributed by atoms with E-state index >= 15 is 0 Å². The Labute approximate surface area is 115 Å². The van der Waals surface area contributed by atoms with Crippen molar-refractivity contribution in [3.63, 3.8) is 0 Å². The first kappa shape index (κ1) is 15.6. The number of hydrogen-bond acceptors (Lipinski definition) is 3. The summed E-state index contributed by atoms with van der Waals surface area (Å²) >= 11 is 0. The molecule has 4 heteroatoms. The van der Waals surface area contributed by atoms with Gasteiger partial charge in [-0.1, -0.05) is 38.7 Å². The number of nitrogens with two attached hydrogens (primary N) is 1. The fourth-order valence-corrected chi connectivity index (χ4v) is 1.93. The molecule has 1 atom stereocenters. The number of amides is 1. The van der Waals surface area contributed by atoms with Gasteiger partial charge >= 0.3 is 0 Å². The Kier molecular flexibility index (Phi) is 7.11. The molecule has 1 aromatic heterocycles. The SMILES string of the molecule is CCCCCCC(C)NC(=O)c1ccc(CN)cn1. The van der Waals surface area contributed by atoms with Crippen molar-refractivity contribution in [2.24, 2.45) is 5.73 Å². The minimum atomic E-state index is -0.105. The molecule has 0 spiro atoms. The Morgan fingerprint density at radius 2 is 2.16 bits per heavy atom. The fourth-order valence-electron chi connectivity index (χ4n) is 1.93. The molecule has 1 unspecified atom stereocenters. The molecule has 19 heavy (non-hydrogen) atoms. The molecule has 0 saturated carbocycles. The molecule has 3 N–H and O–H groups in total. The zero-order valence-corrected chi connectivity index (χ0v) is 12.0. The van der Waals surface area contributed by atoms with Crippen molar-refractivity contribution in [1.82, 2.24) is 10.3 Å². The fraction of sp³-hybridized carbons (Fsp3) is 0.600. The number of carbonyl (C=O) groups is 1. The molecule has 0 bridgehead atoms. The molecule has 0 saturated heterocycles. The number of carbonyl (C=O) groups excluding carboxylic acids is 1. The van der Waals surface area contributed by atoms with E-state index in [0.29, 0.717) is 12.2 Å². The van der Waals surface area contributed by atoms with Crippen molar-refractivity contribution in [1.29, 1.82) is 0 Å². The highest BCUT2D eigenvalue weighted by Gasteiger charge is 2.10. The maximum Gasteiger partial charge on any atom is 0.270 e. The van der Waals surface area contributed by atoms with Crippen LogP contribution in [0, 0.1) is 0 Å². The Morgan fingerprint density at radius 3 is 2.74 bits per heavy atom. The van der Waals surface area contributed by atoms with Crippen LogP contribution in [0.3, 0.4) is 0 Å². The van der Waals surface area contributed by atoms with Crippen LogP contribution in [0.25, 0.3) is 0 Å². The summed E-state index contributed by atoms with van der Waals surface area (Å²) in [4.78, 5) is 16.1. The van der Waals surface area contributed by atoms with E-state index < -0.39 is 0 Å². The Hall–Kier alpha value is -1.42. The molecule has 0 aromatic carbocycles. The van der Waals surface area contributed by atoms with Crippen LogP contribution in [0.4, 0.5) is 0 Å². The molecular weight excluding hydrogens is 238 g/mol. The third-order valence-corrected chi connectivity index (χ3v) is 3.16. The summed E-state index contributed by atoms with van der Waals surface area (Å²) in [5.74, 6) is -0.105. The van der Waals surface area contributed by atoms with E-state index in [9.17, 15) is 4.79 Å². The average Bonchev–Trinajstić information content (AvgIpc) is 2.43. The lowest BCUT2D eigenvalue weighted by Gasteiger charge is -2.13. The molecule has 1 rings (SSSR count). The monoisotopic (exact) mass is 263 g/mol. The molecule has 1 heterocycles. The highest BCUT2D eigenvalue weighted by atomic mass is 16.1. The van der Waals surface area contributed by atoms with Crippen molar-refractivity contribution < 1.29 is 4.79 Å². The minimum Gasteiger partial charge on any atom is -0.348 e. The molecule has 0 radical (unpaired) electrons. The smallest absolute Gasteiger partial charge is 0.270 e. The van der Waals surface area contributed by atoms with Gasteiger partial charge < -0.3 is 11.1 Å². The van der Waals surface area contributed by atoms with E-state index in [0.717, 1.165) is 18.4 Å². The van der Waals surface area contributed by atoms with Gasteiger partial charge in [0.1, 0.15) is 5.69 Å². The van der Waals surface area contributed by atoms with Crippen molar-refractivity contribution in [2.45, 2.75) is 58.5 Å². The summed E-state index contributed by atoms with van der Waals surface area (Å²) in [6.07, 6.45) is 7.57. The average molecular weight is 263 g/mol. The van der Waals surface area contributed by atoms with E-state index in [1.165, 1.54) is 19.3 Å². The number of nitrogens with zero attached hydrogens (tertiary/aromatic N) is 1. The van der Waals surface area contributed by atoms with E-state index in [1.807, 2.05) is 13.0 Å². The standard InChI is InChI=1S/C15H25N3O/c1-3-4-5-6-7-12(2)18-15(19)14-9-8-13(10-16)11-17-14/h8-9,11-12H,3-7,10,16H2,1-2H3,(H,18,19). The first-order valence-corrected chi connectivity index (χ1v) is 7.13. The Bertz CT molecular complexity index is 375. The summed E-state index contributed by atoms with van der Waals surface area (Å²) < 4.78 is 0. The summed E-state index contributed by atoms with van der Waals surface area (Å²) in [7, 11) is 0. The second kappa shape index (κ2) is 8.64. The number of rotatable bonds is 8. The second-order valence-electron chi connectivity index (χ2n) is 4.98. The van der Waals surface area contributed by atoms with Gasteiger partial charge in [-0.2, -0.15) is 0 Å². The predicted molar refractivity (Wildman–Crippen MR) is 77.8 cm³/mol. The predicted octanol–water partition coefficient (Wildman–Crippen LogP) is 2.63. The van der Waals surface area contributed by atoms with Gasteiger partial charge in [-0.05, 0) is 25.0 Å². The van der Waals surface area contributed by atoms with Crippen LogP contribution in [-0.2, 0) is 6.54 Å². The molecule has 106 valence electrons. The quantitative estimate of drug-likeness (QED) is 0.708. The second-order valence-corrected chi connectivity index (χ2v) is 4.98. The molecule has 1 aromatic rings. The van der Waals surface area contributed by atoms with E-state index in [-0.39, 0.29) is 11.9 Å². The maximum absolute atomic E-state index is 11.9. The van der Waals surface area contributed by atoms with Crippen LogP contribution >= 0.6 is 0 Å². The summed E-state index contributed by atoms with van der Waals surface area (Å²) in [6, 6.07) is 3.76. The summed E-state index contributed by atoms with van der Waals surface area (Å²) in [6.45, 7) is 4.68. The third kappa shape index (κ3) is 5.83. The Balaban J connectivity index is 2.36. The van der Waals surface area contributed by atoms with Gasteiger partial charge in [-0.25, -0.2) is 0 Å². The lowest BCUT2D eigenvalue weighted by molar-refractivity contribution is 0.0933. The van der Waals surface area contributed by atoms with Crippen LogP contribution < -0.4 is 11.1 Å². The number of aromatic nitrogens is 1. The van der Waals surface area contributed by atoms with Gasteiger partial charge in [0.2, 0.25) is 0 Å². The molecule has 0 aliphatic carbocycles. The zero-order valence-electron chi connectivity index (χ0n) is 12.0. The van der Waals surface area contributed by atoms with Crippen molar-refractivity contribution >= 4 is 5.91 Å². The minimum absolute atomic E-state index is 0.105. The van der Waals surface area contributed by atoms with Crippen molar-refractivity contribution in [2.75, 3.05) is 0 Å². The van der Waals surface area contributed by atoms with Crippen LogP contribution in [0.2, 0.25) is 0 Å². The van der Waals surface area contributed by atoms with Crippen LogP contribution in [0.1, 0.15) is 62.0 Å². The summed E-state index contributed by atoms with van der Waals surface area (Å²) in [5, 5.41) is 2.98. The largest absolute Gasteiger partial charge is 0.348 e. The highest BCUT2D eigenvalue weighted by molar-refractivity contribution is 5.92. The first-order valence-electron chi connectivity index (χ1n) is 7.13. The number of pyridine rings is 1. The van der Waals surface area contributed by atoms with E-state index in [1.54, 1.807) is 12.3 Å². The topological polar surface area (TPSA) is 68.0 Å². The van der Waals surface area contributed by atoms with E-state index in [2.05, 4.69) is 17.2 Å². The van der Waals surface area contributed by atoms with Crippen LogP contribution in [0.15, 0.2) is 18.3 Å². The van der Waals surface area contributed by atoms with Crippen molar-refractivity contribution in [3.05, 3.63) is 29.6 Å². The lowest BCUT2D eigenvalue weighted by Crippen LogP contribution is -2.33. The zero-order chi connectivity index (χ0) is 14.1. The lowest BCUT2D eigenvalue weighted by atomic mass is 10.1. The Morgan fingerprint density at radius 1 is 1.37 bits per heavy atom. The highest BCUT2D eigenvalue weighted by Crippen LogP contribution is 2.06. The van der Waals surface area contributed by atoms with Gasteiger partial charge in [0.05, 0.1) is 0 Å². The third-order valence-electron chi connectivity index (χ3n) is 3.16. The maximum atomic E-state index is 11.9. The number of unbranched alkanes of at least 4 members (excludes halogenated alkanes) is 3. The summed E-state index contributed by atoms with van der Waals surface area (Å²) in [5.41, 5.74) is 6.89. The molecule has 1 amide bonds. The van der Waals surface area contributed by atoms with Crippen LogP contribution in [0.5, 0.6) is 0 Å². The van der Waals surface area contributed by atoms with Crippen LogP contribution in [-0.4, -0.2) is 16.9 Å². The molecule has 4 nitrogen and oxygen atoms in total. The van der Waals surface area contributed by atoms with E-state index in [4.69, 9.17) is 5.73 Å². The molecule has 0 aliphatic heterocycles. The first-order chi connectivity index (χ1) is 9.17. The molecular formula is C15H25N3O. The van der Waals surface area contributed by atoms with Gasteiger partial charge in [-0.3, -0.25) is 9.78 Å². The van der Waals surface area contributed by atoms with Gasteiger partial charge in [-0.15, -0.1) is 0 Å². The molecule has 0 fully saturated rings. The normalized spacial score (nSPS) is 12.2. The van der Waals surface area contributed by atoms with Gasteiger partial charge in [0, 0.05) is 18.8 Å². The van der Waals surface area contributed by atoms with Crippen molar-refractivity contribution in [3.8, 4) is 0 Å². The van der Waals surface area contributed by atoms with Gasteiger partial charge in [0.25, 0.3) is 5.91 Å². The number of hydrogen-bond donors (Lipinski definition) is 2.